The maximum atomic E-state index is 12.8. The van der Waals surface area contributed by atoms with Crippen molar-refractivity contribution in [3.05, 3.63) is 57.2 Å². The Kier molecular flexibility index (Phi) is 6.65. The maximum Gasteiger partial charge on any atom is 0.266 e. The quantitative estimate of drug-likeness (QED) is 0.409. The normalized spacial score (nSPS) is 15.9. The third-order valence-corrected chi connectivity index (χ3v) is 6.04. The number of halogens is 1. The van der Waals surface area contributed by atoms with Crippen LogP contribution in [0, 0.1) is 0 Å². The molecule has 1 fully saturated rings. The van der Waals surface area contributed by atoms with Crippen molar-refractivity contribution in [3.63, 3.8) is 0 Å². The number of ether oxygens (including phenoxy) is 2. The van der Waals surface area contributed by atoms with Crippen LogP contribution in [0.2, 0.25) is 0 Å². The van der Waals surface area contributed by atoms with Gasteiger partial charge in [-0.1, -0.05) is 24.0 Å². The van der Waals surface area contributed by atoms with Crippen LogP contribution in [0.15, 0.2) is 46.0 Å². The van der Waals surface area contributed by atoms with Crippen LogP contribution in [0.1, 0.15) is 31.9 Å². The molecule has 8 heteroatoms. The van der Waals surface area contributed by atoms with Gasteiger partial charge in [0.2, 0.25) is 0 Å². The Balaban J connectivity index is 1.86. The summed E-state index contributed by atoms with van der Waals surface area (Å²) in [4.78, 5) is 19.1. The first kappa shape index (κ1) is 21.8. The van der Waals surface area contributed by atoms with Crippen LogP contribution < -0.4 is 9.47 Å². The molecule has 0 N–H and O–H groups in total. The van der Waals surface area contributed by atoms with E-state index in [1.165, 1.54) is 11.8 Å². The topological polar surface area (TPSA) is 51.7 Å². The number of benzene rings is 1. The Bertz CT molecular complexity index is 972. The molecule has 0 aliphatic carbocycles. The smallest absolute Gasteiger partial charge is 0.266 e. The number of hydrogen-bond acceptors (Lipinski definition) is 6. The number of aromatic nitrogens is 1. The number of carbonyl (C=O) groups is 1. The number of methoxy groups -OCH3 is 1. The molecule has 0 atom stereocenters. The Morgan fingerprint density at radius 1 is 1.28 bits per heavy atom. The molecular weight excluding hydrogens is 472 g/mol. The van der Waals surface area contributed by atoms with Gasteiger partial charge < -0.3 is 9.47 Å². The first-order valence-electron chi connectivity index (χ1n) is 8.88. The van der Waals surface area contributed by atoms with Crippen molar-refractivity contribution in [2.24, 2.45) is 0 Å². The number of carbonyl (C=O) groups excluding carboxylic acids is 1. The van der Waals surface area contributed by atoms with E-state index in [0.29, 0.717) is 27.3 Å². The van der Waals surface area contributed by atoms with Crippen molar-refractivity contribution in [2.45, 2.75) is 32.9 Å². The minimum atomic E-state index is -0.361. The first-order valence-corrected chi connectivity index (χ1v) is 10.9. The van der Waals surface area contributed by atoms with Gasteiger partial charge in [0.05, 0.1) is 16.5 Å². The molecule has 2 aromatic rings. The van der Waals surface area contributed by atoms with E-state index in [2.05, 4.69) is 20.9 Å². The van der Waals surface area contributed by atoms with Gasteiger partial charge in [0.25, 0.3) is 5.91 Å². The molecule has 0 unspecified atom stereocenters. The minimum absolute atomic E-state index is 0.0828. The second kappa shape index (κ2) is 8.85. The molecule has 0 bridgehead atoms. The lowest BCUT2D eigenvalue weighted by molar-refractivity contribution is -0.125. The van der Waals surface area contributed by atoms with Crippen molar-refractivity contribution in [1.82, 2.24) is 9.88 Å². The fourth-order valence-electron chi connectivity index (χ4n) is 2.80. The monoisotopic (exact) mass is 492 g/mol. The van der Waals surface area contributed by atoms with Gasteiger partial charge in [-0.15, -0.1) is 0 Å². The highest BCUT2D eigenvalue weighted by Gasteiger charge is 2.39. The number of nitrogens with zero attached hydrogens (tertiary/aromatic N) is 2. The zero-order valence-corrected chi connectivity index (χ0v) is 19.8. The van der Waals surface area contributed by atoms with E-state index in [1.807, 2.05) is 51.1 Å². The number of hydrogen-bond donors (Lipinski definition) is 0. The van der Waals surface area contributed by atoms with E-state index in [-0.39, 0.29) is 11.4 Å². The number of pyridine rings is 1. The molecule has 0 spiro atoms. The predicted molar refractivity (Wildman–Crippen MR) is 124 cm³/mol. The molecule has 1 aromatic heterocycles. The molecule has 152 valence electrons. The highest BCUT2D eigenvalue weighted by atomic mass is 79.9. The summed E-state index contributed by atoms with van der Waals surface area (Å²) in [6.45, 7) is 6.29. The summed E-state index contributed by atoms with van der Waals surface area (Å²) in [6.07, 6.45) is 5.27. The molecule has 1 saturated heterocycles. The highest BCUT2D eigenvalue weighted by Crippen LogP contribution is 2.40. The van der Waals surface area contributed by atoms with Crippen LogP contribution >= 0.6 is 39.9 Å². The van der Waals surface area contributed by atoms with Crippen molar-refractivity contribution in [3.8, 4) is 11.5 Å². The fraction of sp³-hybridized carbons (Fsp3) is 0.286. The Morgan fingerprint density at radius 2 is 1.97 bits per heavy atom. The van der Waals surface area contributed by atoms with Crippen LogP contribution in [0.5, 0.6) is 11.5 Å². The molecule has 0 saturated carbocycles. The van der Waals surface area contributed by atoms with Gasteiger partial charge in [0.15, 0.2) is 11.5 Å². The molecule has 1 aliphatic rings. The minimum Gasteiger partial charge on any atom is -0.493 e. The van der Waals surface area contributed by atoms with Gasteiger partial charge >= 0.3 is 0 Å². The van der Waals surface area contributed by atoms with Crippen molar-refractivity contribution >= 4 is 56.2 Å². The van der Waals surface area contributed by atoms with Crippen LogP contribution in [0.3, 0.4) is 0 Å². The number of thiocarbonyl (C=S) groups is 1. The summed E-state index contributed by atoms with van der Waals surface area (Å²) in [5.41, 5.74) is 1.46. The summed E-state index contributed by atoms with van der Waals surface area (Å²) >= 11 is 10.3. The van der Waals surface area contributed by atoms with Crippen LogP contribution in [-0.2, 0) is 11.4 Å². The predicted octanol–water partition coefficient (Wildman–Crippen LogP) is 5.43. The van der Waals surface area contributed by atoms with Crippen molar-refractivity contribution in [2.75, 3.05) is 7.11 Å². The van der Waals surface area contributed by atoms with Gasteiger partial charge in [-0.05, 0) is 78.2 Å². The number of rotatable bonds is 5. The van der Waals surface area contributed by atoms with E-state index in [9.17, 15) is 4.79 Å². The number of amides is 1. The Morgan fingerprint density at radius 3 is 2.55 bits per heavy atom. The van der Waals surface area contributed by atoms with Gasteiger partial charge in [0, 0.05) is 17.9 Å². The largest absolute Gasteiger partial charge is 0.493 e. The first-order chi connectivity index (χ1) is 13.7. The third kappa shape index (κ3) is 4.99. The molecule has 1 aliphatic heterocycles. The van der Waals surface area contributed by atoms with E-state index in [4.69, 9.17) is 21.7 Å². The molecular formula is C21H21BrN2O3S2. The zero-order valence-electron chi connectivity index (χ0n) is 16.6. The van der Waals surface area contributed by atoms with Crippen LogP contribution in [0.4, 0.5) is 0 Å². The zero-order chi connectivity index (χ0) is 21.2. The summed E-state index contributed by atoms with van der Waals surface area (Å²) in [5.74, 6) is 1.09. The Labute approximate surface area is 188 Å². The molecule has 3 rings (SSSR count). The van der Waals surface area contributed by atoms with Gasteiger partial charge in [-0.2, -0.15) is 0 Å². The molecule has 0 radical (unpaired) electrons. The van der Waals surface area contributed by atoms with Gasteiger partial charge in [-0.25, -0.2) is 0 Å². The fourth-order valence-corrected chi connectivity index (χ4v) is 5.01. The summed E-state index contributed by atoms with van der Waals surface area (Å²) < 4.78 is 12.8. The average Bonchev–Trinajstić information content (AvgIpc) is 2.94. The molecule has 1 aromatic carbocycles. The standard InChI is InChI=1S/C21H21BrN2O3S2/c1-21(2,3)24-19(25)17(29-20(24)28)11-14-9-15(22)18(16(10-14)26-4)27-12-13-5-7-23-8-6-13/h5-11H,12H2,1-4H3/b17-11+. The Hall–Kier alpha value is -1.90. The second-order valence-corrected chi connectivity index (χ2v) is 9.90. The van der Waals surface area contributed by atoms with E-state index in [0.717, 1.165) is 15.6 Å². The summed E-state index contributed by atoms with van der Waals surface area (Å²) in [5, 5.41) is 0. The summed E-state index contributed by atoms with van der Waals surface area (Å²) in [7, 11) is 1.59. The van der Waals surface area contributed by atoms with E-state index >= 15 is 0 Å². The molecule has 2 heterocycles. The highest BCUT2D eigenvalue weighted by molar-refractivity contribution is 9.10. The molecule has 1 amide bonds. The van der Waals surface area contributed by atoms with Gasteiger partial charge in [-0.3, -0.25) is 14.7 Å². The van der Waals surface area contributed by atoms with E-state index in [1.54, 1.807) is 24.4 Å². The SMILES string of the molecule is COc1cc(/C=C2/SC(=S)N(C(C)(C)C)C2=O)cc(Br)c1OCc1ccncc1. The molecule has 5 nitrogen and oxygen atoms in total. The average molecular weight is 493 g/mol. The van der Waals surface area contributed by atoms with E-state index < -0.39 is 0 Å². The van der Waals surface area contributed by atoms with Crippen LogP contribution in [0.25, 0.3) is 6.08 Å². The lowest BCUT2D eigenvalue weighted by Gasteiger charge is -2.30. The lowest BCUT2D eigenvalue weighted by Crippen LogP contribution is -2.44. The van der Waals surface area contributed by atoms with Crippen molar-refractivity contribution in [1.29, 1.82) is 0 Å². The van der Waals surface area contributed by atoms with Crippen molar-refractivity contribution < 1.29 is 14.3 Å². The molecule has 29 heavy (non-hydrogen) atoms. The van der Waals surface area contributed by atoms with Gasteiger partial charge in [0.1, 0.15) is 10.9 Å². The van der Waals surface area contributed by atoms with Crippen LogP contribution in [-0.4, -0.2) is 32.8 Å². The lowest BCUT2D eigenvalue weighted by atomic mass is 10.1. The third-order valence-electron chi connectivity index (χ3n) is 4.15. The summed E-state index contributed by atoms with van der Waals surface area (Å²) in [6, 6.07) is 7.53. The number of thioether (sulfide) groups is 1. The maximum absolute atomic E-state index is 12.8. The second-order valence-electron chi connectivity index (χ2n) is 7.37.